The van der Waals surface area contributed by atoms with Gasteiger partial charge in [0.2, 0.25) is 0 Å². The predicted molar refractivity (Wildman–Crippen MR) is 155 cm³/mol. The van der Waals surface area contributed by atoms with Crippen molar-refractivity contribution in [2.75, 3.05) is 12.4 Å². The average molecular weight is 515 g/mol. The van der Waals surface area contributed by atoms with Gasteiger partial charge in [-0.15, -0.1) is 5.54 Å². The van der Waals surface area contributed by atoms with Gasteiger partial charge in [-0.3, -0.25) is 4.79 Å². The fourth-order valence-electron chi connectivity index (χ4n) is 6.31. The Morgan fingerprint density at radius 2 is 1.81 bits per heavy atom. The number of ether oxygens (including phenoxy) is 1. The van der Waals surface area contributed by atoms with Crippen LogP contribution in [-0.4, -0.2) is 38.1 Å². The maximum Gasteiger partial charge on any atom is 0.298 e. The predicted octanol–water partition coefficient (Wildman–Crippen LogP) is 6.82. The molecule has 5 rings (SSSR count). The van der Waals surface area contributed by atoms with Crippen LogP contribution in [0.25, 0.3) is 0 Å². The molecule has 2 unspecified atom stereocenters. The van der Waals surface area contributed by atoms with Gasteiger partial charge >= 0.3 is 0 Å². The summed E-state index contributed by atoms with van der Waals surface area (Å²) < 4.78 is 5.57. The van der Waals surface area contributed by atoms with Crippen LogP contribution in [0.3, 0.4) is 0 Å². The summed E-state index contributed by atoms with van der Waals surface area (Å²) in [4.78, 5) is 15.9. The van der Waals surface area contributed by atoms with Crippen LogP contribution >= 0.6 is 0 Å². The molecule has 3 aliphatic rings. The Labute approximate surface area is 224 Å². The Morgan fingerprint density at radius 1 is 1.08 bits per heavy atom. The first-order valence-electron chi connectivity index (χ1n) is 14.1. The fourth-order valence-corrected chi connectivity index (χ4v) is 6.79. The van der Waals surface area contributed by atoms with E-state index in [2.05, 4.69) is 84.6 Å². The summed E-state index contributed by atoms with van der Waals surface area (Å²) in [6.07, 6.45) is 8.07. The summed E-state index contributed by atoms with van der Waals surface area (Å²) >= 11 is 0. The van der Waals surface area contributed by atoms with Gasteiger partial charge in [-0.1, -0.05) is 57.6 Å². The molecule has 5 heteroatoms. The van der Waals surface area contributed by atoms with Crippen LogP contribution in [-0.2, 0) is 11.2 Å². The molecule has 1 aliphatic heterocycles. The number of anilines is 1. The average Bonchev–Trinajstić information content (AvgIpc) is 3.50. The van der Waals surface area contributed by atoms with E-state index in [0.717, 1.165) is 48.8 Å². The third-order valence-electron chi connectivity index (χ3n) is 8.28. The van der Waals surface area contributed by atoms with Crippen molar-refractivity contribution < 1.29 is 9.53 Å². The van der Waals surface area contributed by atoms with Crippen LogP contribution in [0.5, 0.6) is 5.75 Å². The Morgan fingerprint density at radius 3 is 2.46 bits per heavy atom. The van der Waals surface area contributed by atoms with Crippen molar-refractivity contribution in [3.05, 3.63) is 59.2 Å². The van der Waals surface area contributed by atoms with Gasteiger partial charge < -0.3 is 15.0 Å². The van der Waals surface area contributed by atoms with Crippen molar-refractivity contribution in [3.8, 4) is 17.2 Å². The molecule has 0 saturated heterocycles. The largest absolute Gasteiger partial charge is 0.497 e. The van der Waals surface area contributed by atoms with Crippen LogP contribution in [0.1, 0.15) is 68.2 Å². The lowest BCUT2D eigenvalue weighted by Crippen LogP contribution is -2.47. The topological polar surface area (TPSA) is 41.6 Å². The van der Waals surface area contributed by atoms with E-state index in [1.807, 2.05) is 6.07 Å². The van der Waals surface area contributed by atoms with Gasteiger partial charge in [0.1, 0.15) is 13.8 Å². The number of rotatable bonds is 7. The van der Waals surface area contributed by atoms with Gasteiger partial charge in [0, 0.05) is 17.8 Å². The molecule has 2 aliphatic carbocycles. The second-order valence-corrected chi connectivity index (χ2v) is 17.1. The molecular weight excluding hydrogens is 472 g/mol. The number of nitrogens with zero attached hydrogens (tertiary/aromatic N) is 1. The molecule has 0 radical (unpaired) electrons. The molecule has 196 valence electrons. The molecule has 0 bridgehead atoms. The minimum absolute atomic E-state index is 0.0395. The highest BCUT2D eigenvalue weighted by molar-refractivity contribution is 6.84. The lowest BCUT2D eigenvalue weighted by molar-refractivity contribution is -0.130. The van der Waals surface area contributed by atoms with Crippen LogP contribution in [0, 0.1) is 23.3 Å². The number of nitrogens with one attached hydrogen (secondary N) is 1. The number of hydrogen-bond acceptors (Lipinski definition) is 3. The second kappa shape index (κ2) is 10.6. The summed E-state index contributed by atoms with van der Waals surface area (Å²) in [6, 6.07) is 15.8. The molecule has 2 aromatic rings. The summed E-state index contributed by atoms with van der Waals surface area (Å²) in [5.41, 5.74) is 8.13. The first-order chi connectivity index (χ1) is 17.8. The summed E-state index contributed by atoms with van der Waals surface area (Å²) in [6.45, 7) is 8.79. The zero-order valence-corrected chi connectivity index (χ0v) is 24.1. The number of hydrogen-bond donors (Lipinski definition) is 1. The van der Waals surface area contributed by atoms with E-state index in [0.29, 0.717) is 6.04 Å². The molecule has 0 aromatic heterocycles. The van der Waals surface area contributed by atoms with E-state index in [1.54, 1.807) is 7.11 Å². The zero-order chi connectivity index (χ0) is 26.2. The van der Waals surface area contributed by atoms with Crippen molar-refractivity contribution in [1.29, 1.82) is 0 Å². The van der Waals surface area contributed by atoms with Crippen LogP contribution in [0.15, 0.2) is 42.5 Å². The number of fused-ring (bicyclic) bond motifs is 2. The number of amides is 1. The third-order valence-corrected chi connectivity index (χ3v) is 9.16. The second-order valence-electron chi connectivity index (χ2n) is 12.4. The van der Waals surface area contributed by atoms with Gasteiger partial charge in [0.15, 0.2) is 0 Å². The maximum atomic E-state index is 13.8. The SMILES string of the molecule is CCCC[C@H]1Cc2cc(OC)ccc2[C@H](c2ccc(NC3CC4CC4C3)cc2)N1C(=O)C#C[Si](C)(C)C. The van der Waals surface area contributed by atoms with Crippen molar-refractivity contribution in [2.45, 2.75) is 89.6 Å². The Bertz CT molecular complexity index is 1180. The highest BCUT2D eigenvalue weighted by atomic mass is 28.3. The highest BCUT2D eigenvalue weighted by Crippen LogP contribution is 2.52. The van der Waals surface area contributed by atoms with E-state index >= 15 is 0 Å². The van der Waals surface area contributed by atoms with Gasteiger partial charge in [-0.2, -0.15) is 0 Å². The highest BCUT2D eigenvalue weighted by Gasteiger charge is 2.45. The first kappa shape index (κ1) is 25.9. The maximum absolute atomic E-state index is 13.8. The number of unbranched alkanes of at least 4 members (excludes halogenated alkanes) is 1. The van der Waals surface area contributed by atoms with E-state index in [4.69, 9.17) is 4.74 Å². The molecular formula is C32H42N2O2Si. The number of carbonyl (C=O) groups excluding carboxylic acids is 1. The molecule has 2 aromatic carbocycles. The fraction of sp³-hybridized carbons (Fsp3) is 0.531. The van der Waals surface area contributed by atoms with Crippen LogP contribution in [0.4, 0.5) is 5.69 Å². The molecule has 1 amide bonds. The van der Waals surface area contributed by atoms with Crippen LogP contribution in [0.2, 0.25) is 19.6 Å². The number of benzene rings is 2. The quantitative estimate of drug-likeness (QED) is 0.326. The normalized spacial score (nSPS) is 26.0. The summed E-state index contributed by atoms with van der Waals surface area (Å²) in [5, 5.41) is 3.76. The molecule has 37 heavy (non-hydrogen) atoms. The van der Waals surface area contributed by atoms with E-state index in [1.165, 1.54) is 36.1 Å². The van der Waals surface area contributed by atoms with Crippen molar-refractivity contribution in [2.24, 2.45) is 11.8 Å². The minimum atomic E-state index is -1.68. The molecule has 1 heterocycles. The lowest BCUT2D eigenvalue weighted by Gasteiger charge is -2.43. The van der Waals surface area contributed by atoms with Gasteiger partial charge in [0.25, 0.3) is 5.91 Å². The van der Waals surface area contributed by atoms with E-state index in [-0.39, 0.29) is 18.0 Å². The molecule has 1 N–H and O–H groups in total. The number of carbonyl (C=O) groups is 1. The summed E-state index contributed by atoms with van der Waals surface area (Å²) in [5.74, 6) is 5.84. The number of methoxy groups -OCH3 is 1. The third kappa shape index (κ3) is 5.90. The Balaban J connectivity index is 1.50. The Kier molecular flexibility index (Phi) is 7.41. The van der Waals surface area contributed by atoms with Crippen molar-refractivity contribution >= 4 is 19.7 Å². The first-order valence-corrected chi connectivity index (χ1v) is 17.6. The van der Waals surface area contributed by atoms with Gasteiger partial charge in [0.05, 0.1) is 13.2 Å². The molecule has 2 fully saturated rings. The molecule has 4 nitrogen and oxygen atoms in total. The summed E-state index contributed by atoms with van der Waals surface area (Å²) in [7, 11) is 0.0431. The molecule has 4 atom stereocenters. The van der Waals surface area contributed by atoms with E-state index < -0.39 is 8.07 Å². The van der Waals surface area contributed by atoms with Crippen LogP contribution < -0.4 is 10.1 Å². The lowest BCUT2D eigenvalue weighted by atomic mass is 9.83. The minimum Gasteiger partial charge on any atom is -0.497 e. The monoisotopic (exact) mass is 514 g/mol. The van der Waals surface area contributed by atoms with E-state index in [9.17, 15) is 4.79 Å². The van der Waals surface area contributed by atoms with Gasteiger partial charge in [-0.25, -0.2) is 0 Å². The smallest absolute Gasteiger partial charge is 0.298 e. The zero-order valence-electron chi connectivity index (χ0n) is 23.1. The van der Waals surface area contributed by atoms with Gasteiger partial charge in [-0.05, 0) is 90.8 Å². The van der Waals surface area contributed by atoms with Crippen molar-refractivity contribution in [3.63, 3.8) is 0 Å². The Hall–Kier alpha value is -2.71. The molecule has 2 saturated carbocycles. The molecule has 0 spiro atoms. The standard InChI is InChI=1S/C32H42N2O2Si/c1-6-7-8-28-20-25-21-29(36-2)13-14-30(25)32(34(28)31(35)15-16-37(3,4)5)22-9-11-26(12-10-22)33-27-18-23-17-24(23)19-27/h9-14,21,23-24,27-28,32-33H,6-8,17-20H2,1-5H3/t23?,24?,27?,28-,32-/m0/s1. The van der Waals surface area contributed by atoms with Crippen molar-refractivity contribution in [1.82, 2.24) is 4.90 Å².